The SMILES string of the molecule is O=C(NCCc1ccccc1)C(=O)C(Cc1ccccc1)NC(=O)[C@H]1CCC(=O)N1Cc1ccccc1. The molecule has 190 valence electrons. The summed E-state index contributed by atoms with van der Waals surface area (Å²) in [6, 6.07) is 26.6. The number of hydrogen-bond acceptors (Lipinski definition) is 4. The number of amides is 3. The normalized spacial score (nSPS) is 15.7. The van der Waals surface area contributed by atoms with Crippen LogP contribution in [0.3, 0.4) is 0 Å². The van der Waals surface area contributed by atoms with Crippen LogP contribution in [0.4, 0.5) is 0 Å². The number of likely N-dealkylation sites (tertiary alicyclic amines) is 1. The Labute approximate surface area is 216 Å². The van der Waals surface area contributed by atoms with E-state index in [2.05, 4.69) is 10.6 Å². The van der Waals surface area contributed by atoms with Crippen molar-refractivity contribution < 1.29 is 19.2 Å². The fourth-order valence-corrected chi connectivity index (χ4v) is 4.52. The summed E-state index contributed by atoms with van der Waals surface area (Å²) >= 11 is 0. The zero-order chi connectivity index (χ0) is 26.0. The average molecular weight is 498 g/mol. The van der Waals surface area contributed by atoms with Crippen LogP contribution in [0.15, 0.2) is 91.0 Å². The maximum atomic E-state index is 13.3. The molecule has 0 saturated carbocycles. The van der Waals surface area contributed by atoms with Crippen LogP contribution in [-0.2, 0) is 38.6 Å². The van der Waals surface area contributed by atoms with Crippen LogP contribution in [-0.4, -0.2) is 47.0 Å². The highest BCUT2D eigenvalue weighted by Crippen LogP contribution is 2.22. The molecule has 0 radical (unpaired) electrons. The molecule has 0 aromatic heterocycles. The van der Waals surface area contributed by atoms with Crippen LogP contribution in [0.1, 0.15) is 29.5 Å². The Morgan fingerprint density at radius 1 is 0.811 bits per heavy atom. The summed E-state index contributed by atoms with van der Waals surface area (Å²) in [6.45, 7) is 0.623. The highest BCUT2D eigenvalue weighted by Gasteiger charge is 2.38. The van der Waals surface area contributed by atoms with Crippen LogP contribution in [0, 0.1) is 0 Å². The number of rotatable bonds is 11. The van der Waals surface area contributed by atoms with Gasteiger partial charge < -0.3 is 15.5 Å². The standard InChI is InChI=1S/C30H31N3O4/c34-27-17-16-26(33(27)21-24-14-8-3-9-15-24)29(36)32-25(20-23-12-6-2-7-13-23)28(35)30(37)31-19-18-22-10-4-1-5-11-22/h1-15,25-26H,16-21H2,(H,31,37)(H,32,36)/t25?,26-/m1/s1. The highest BCUT2D eigenvalue weighted by atomic mass is 16.2. The molecule has 0 spiro atoms. The van der Waals surface area contributed by atoms with Gasteiger partial charge in [-0.1, -0.05) is 91.0 Å². The van der Waals surface area contributed by atoms with Gasteiger partial charge in [0.1, 0.15) is 12.1 Å². The van der Waals surface area contributed by atoms with E-state index in [1.807, 2.05) is 91.0 Å². The monoisotopic (exact) mass is 497 g/mol. The Morgan fingerprint density at radius 2 is 1.38 bits per heavy atom. The topological polar surface area (TPSA) is 95.6 Å². The molecule has 0 aliphatic carbocycles. The molecule has 1 heterocycles. The lowest BCUT2D eigenvalue weighted by molar-refractivity contribution is -0.141. The molecule has 1 aliphatic heterocycles. The third kappa shape index (κ3) is 7.13. The van der Waals surface area contributed by atoms with Crippen LogP contribution in [0.5, 0.6) is 0 Å². The van der Waals surface area contributed by atoms with E-state index in [9.17, 15) is 19.2 Å². The first-order valence-electron chi connectivity index (χ1n) is 12.5. The first-order valence-corrected chi connectivity index (χ1v) is 12.5. The number of carbonyl (C=O) groups is 4. The molecular formula is C30H31N3O4. The van der Waals surface area contributed by atoms with E-state index in [0.29, 0.717) is 25.9 Å². The molecule has 1 saturated heterocycles. The Bertz CT molecular complexity index is 1220. The lowest BCUT2D eigenvalue weighted by Gasteiger charge is -2.26. The van der Waals surface area contributed by atoms with E-state index in [-0.39, 0.29) is 18.7 Å². The van der Waals surface area contributed by atoms with Gasteiger partial charge >= 0.3 is 0 Å². The van der Waals surface area contributed by atoms with Crippen LogP contribution in [0.2, 0.25) is 0 Å². The van der Waals surface area contributed by atoms with Gasteiger partial charge in [0.05, 0.1) is 0 Å². The van der Waals surface area contributed by atoms with Gasteiger partial charge in [0.15, 0.2) is 0 Å². The van der Waals surface area contributed by atoms with Gasteiger partial charge in [-0.15, -0.1) is 0 Å². The number of hydrogen-bond donors (Lipinski definition) is 2. The minimum absolute atomic E-state index is 0.103. The second-order valence-electron chi connectivity index (χ2n) is 9.17. The molecule has 1 unspecified atom stereocenters. The quantitative estimate of drug-likeness (QED) is 0.398. The van der Waals surface area contributed by atoms with Crippen molar-refractivity contribution in [2.45, 2.75) is 44.3 Å². The van der Waals surface area contributed by atoms with Crippen LogP contribution in [0.25, 0.3) is 0 Å². The van der Waals surface area contributed by atoms with Crippen molar-refractivity contribution in [3.8, 4) is 0 Å². The maximum Gasteiger partial charge on any atom is 0.289 e. The van der Waals surface area contributed by atoms with E-state index in [0.717, 1.165) is 16.7 Å². The highest BCUT2D eigenvalue weighted by molar-refractivity contribution is 6.38. The summed E-state index contributed by atoms with van der Waals surface area (Å²) in [5.74, 6) is -1.97. The van der Waals surface area contributed by atoms with Crippen molar-refractivity contribution in [1.29, 1.82) is 0 Å². The molecule has 2 N–H and O–H groups in total. The molecule has 4 rings (SSSR count). The van der Waals surface area contributed by atoms with Gasteiger partial charge in [-0.05, 0) is 29.5 Å². The first-order chi connectivity index (χ1) is 18.0. The van der Waals surface area contributed by atoms with Crippen molar-refractivity contribution in [3.63, 3.8) is 0 Å². The summed E-state index contributed by atoms with van der Waals surface area (Å²) in [5, 5.41) is 5.47. The van der Waals surface area contributed by atoms with E-state index in [1.165, 1.54) is 0 Å². The number of nitrogens with zero attached hydrogens (tertiary/aromatic N) is 1. The third-order valence-corrected chi connectivity index (χ3v) is 6.51. The molecule has 3 aromatic carbocycles. The predicted octanol–water partition coefficient (Wildman–Crippen LogP) is 2.83. The average Bonchev–Trinajstić information content (AvgIpc) is 3.29. The van der Waals surface area contributed by atoms with E-state index < -0.39 is 29.7 Å². The zero-order valence-corrected chi connectivity index (χ0v) is 20.6. The Balaban J connectivity index is 1.43. The molecule has 2 atom stereocenters. The van der Waals surface area contributed by atoms with E-state index in [1.54, 1.807) is 4.90 Å². The number of ketones is 1. The Hall–Kier alpha value is -4.26. The summed E-state index contributed by atoms with van der Waals surface area (Å²) in [5.41, 5.74) is 2.79. The number of nitrogens with one attached hydrogen (secondary N) is 2. The van der Waals surface area contributed by atoms with Gasteiger partial charge in [0, 0.05) is 25.9 Å². The first kappa shape index (κ1) is 25.8. The van der Waals surface area contributed by atoms with Crippen molar-refractivity contribution in [2.75, 3.05) is 6.54 Å². The lowest BCUT2D eigenvalue weighted by Crippen LogP contribution is -2.53. The molecule has 3 amide bonds. The van der Waals surface area contributed by atoms with Crippen molar-refractivity contribution in [3.05, 3.63) is 108 Å². The third-order valence-electron chi connectivity index (χ3n) is 6.51. The summed E-state index contributed by atoms with van der Waals surface area (Å²) in [6.07, 6.45) is 1.40. The van der Waals surface area contributed by atoms with Gasteiger partial charge in [0.2, 0.25) is 17.6 Å². The second-order valence-corrected chi connectivity index (χ2v) is 9.17. The Kier molecular flexibility index (Phi) is 8.81. The largest absolute Gasteiger partial charge is 0.349 e. The molecule has 0 bridgehead atoms. The molecule has 1 fully saturated rings. The zero-order valence-electron chi connectivity index (χ0n) is 20.6. The lowest BCUT2D eigenvalue weighted by atomic mass is 10.0. The van der Waals surface area contributed by atoms with Crippen molar-refractivity contribution >= 4 is 23.5 Å². The summed E-state index contributed by atoms with van der Waals surface area (Å²) in [7, 11) is 0. The smallest absolute Gasteiger partial charge is 0.289 e. The minimum Gasteiger partial charge on any atom is -0.349 e. The van der Waals surface area contributed by atoms with E-state index >= 15 is 0 Å². The summed E-state index contributed by atoms with van der Waals surface area (Å²) in [4.78, 5) is 53.4. The van der Waals surface area contributed by atoms with Crippen LogP contribution < -0.4 is 10.6 Å². The molecular weight excluding hydrogens is 466 g/mol. The molecule has 7 heteroatoms. The minimum atomic E-state index is -1.04. The number of benzene rings is 3. The molecule has 37 heavy (non-hydrogen) atoms. The van der Waals surface area contributed by atoms with Crippen LogP contribution >= 0.6 is 0 Å². The fourth-order valence-electron chi connectivity index (χ4n) is 4.52. The number of Topliss-reactive ketones (excluding diaryl/α,β-unsaturated/α-hetero) is 1. The predicted molar refractivity (Wildman–Crippen MR) is 140 cm³/mol. The van der Waals surface area contributed by atoms with Gasteiger partial charge in [-0.3, -0.25) is 19.2 Å². The van der Waals surface area contributed by atoms with Gasteiger partial charge in [-0.2, -0.15) is 0 Å². The van der Waals surface area contributed by atoms with Crippen molar-refractivity contribution in [2.24, 2.45) is 0 Å². The van der Waals surface area contributed by atoms with Crippen molar-refractivity contribution in [1.82, 2.24) is 15.5 Å². The molecule has 1 aliphatic rings. The maximum absolute atomic E-state index is 13.3. The molecule has 3 aromatic rings. The second kappa shape index (κ2) is 12.6. The van der Waals surface area contributed by atoms with E-state index in [4.69, 9.17) is 0 Å². The molecule has 7 nitrogen and oxygen atoms in total. The summed E-state index contributed by atoms with van der Waals surface area (Å²) < 4.78 is 0. The van der Waals surface area contributed by atoms with Gasteiger partial charge in [0.25, 0.3) is 5.91 Å². The number of carbonyl (C=O) groups excluding carboxylic acids is 4. The fraction of sp³-hybridized carbons (Fsp3) is 0.267. The van der Waals surface area contributed by atoms with Gasteiger partial charge in [-0.25, -0.2) is 0 Å². The Morgan fingerprint density at radius 3 is 2.00 bits per heavy atom.